The van der Waals surface area contributed by atoms with Crippen molar-refractivity contribution in [3.63, 3.8) is 0 Å². The normalized spacial score (nSPS) is 10.8. The molecule has 0 aromatic carbocycles. The smallest absolute Gasteiger partial charge is 0.374 e. The molecule has 0 unspecified atom stereocenters. The fraction of sp³-hybridized carbons (Fsp3) is 1.00. The van der Waals surface area contributed by atoms with Gasteiger partial charge in [0.05, 0.1) is 0 Å². The summed E-state index contributed by atoms with van der Waals surface area (Å²) in [5.41, 5.74) is 5.03. The summed E-state index contributed by atoms with van der Waals surface area (Å²) in [4.78, 5) is 0. The Morgan fingerprint density at radius 2 is 1.13 bits per heavy atom. The van der Waals surface area contributed by atoms with E-state index in [2.05, 4.69) is 6.92 Å². The molecule has 0 aromatic heterocycles. The molecule has 0 saturated carbocycles. The van der Waals surface area contributed by atoms with Gasteiger partial charge in [-0.25, -0.2) is 0 Å². The average molecular weight is 237 g/mol. The van der Waals surface area contributed by atoms with Gasteiger partial charge >= 0.3 is 8.80 Å². The lowest BCUT2D eigenvalue weighted by molar-refractivity contribution is 0.0783. The zero-order chi connectivity index (χ0) is 12.2. The van der Waals surface area contributed by atoms with Crippen molar-refractivity contribution in [1.82, 2.24) is 0 Å². The van der Waals surface area contributed by atoms with Gasteiger partial charge in [0.25, 0.3) is 0 Å². The molecule has 5 heteroatoms. The Morgan fingerprint density at radius 3 is 1.27 bits per heavy atom. The minimum absolute atomic E-state index is 0.655. The van der Waals surface area contributed by atoms with Gasteiger partial charge in [-0.2, -0.15) is 0 Å². The molecule has 0 amide bonds. The van der Waals surface area contributed by atoms with Gasteiger partial charge in [-0.15, -0.1) is 0 Å². The third-order valence-corrected chi connectivity index (χ3v) is 3.95. The Bertz CT molecular complexity index is 106. The molecule has 0 aromatic rings. The first-order valence-corrected chi connectivity index (χ1v) is 7.94. The van der Waals surface area contributed by atoms with Gasteiger partial charge in [0.15, 0.2) is 0 Å². The van der Waals surface area contributed by atoms with Crippen LogP contribution >= 0.6 is 0 Å². The highest BCUT2D eigenvalue weighted by atomic mass is 28.4. The van der Waals surface area contributed by atoms with Crippen LogP contribution in [0.3, 0.4) is 0 Å². The van der Waals surface area contributed by atoms with Crippen LogP contribution in [-0.2, 0) is 13.3 Å². The number of hydrogen-bond donors (Lipinski definition) is 1. The molecule has 94 valence electrons. The molecule has 0 spiro atoms. The lowest BCUT2D eigenvalue weighted by Crippen LogP contribution is -2.42. The Morgan fingerprint density at radius 1 is 0.867 bits per heavy atom. The number of hydrogen-bond acceptors (Lipinski definition) is 4. The topological polar surface area (TPSA) is 53.7 Å². The zero-order valence-corrected chi connectivity index (χ0v) is 11.8. The van der Waals surface area contributed by atoms with Crippen LogP contribution in [0.5, 0.6) is 0 Å². The van der Waals surface area contributed by atoms with Gasteiger partial charge in [0.2, 0.25) is 0 Å². The first kappa shape index (κ1) is 17.5. The number of nitrogens with two attached hydrogens (primary N) is 1. The van der Waals surface area contributed by atoms with Crippen LogP contribution in [-0.4, -0.2) is 35.2 Å². The second kappa shape index (κ2) is 12.1. The van der Waals surface area contributed by atoms with E-state index in [4.69, 9.17) is 19.0 Å². The van der Waals surface area contributed by atoms with E-state index in [0.717, 1.165) is 13.0 Å². The summed E-state index contributed by atoms with van der Waals surface area (Å²) in [6, 6.07) is 0. The van der Waals surface area contributed by atoms with Crippen LogP contribution in [0, 0.1) is 0 Å². The molecule has 0 atom stereocenters. The quantitative estimate of drug-likeness (QED) is 0.688. The van der Waals surface area contributed by atoms with Crippen molar-refractivity contribution in [2.24, 2.45) is 5.73 Å². The molecule has 0 heterocycles. The van der Waals surface area contributed by atoms with E-state index >= 15 is 0 Å². The van der Waals surface area contributed by atoms with Gasteiger partial charge in [-0.3, -0.25) is 0 Å². The van der Waals surface area contributed by atoms with Crippen molar-refractivity contribution in [2.75, 3.05) is 26.4 Å². The van der Waals surface area contributed by atoms with E-state index in [1.54, 1.807) is 0 Å². The summed E-state index contributed by atoms with van der Waals surface area (Å²) in [6.07, 6.45) is 1.10. The van der Waals surface area contributed by atoms with Gasteiger partial charge in [0, 0.05) is 26.4 Å². The van der Waals surface area contributed by atoms with E-state index in [1.165, 1.54) is 0 Å². The second-order valence-electron chi connectivity index (χ2n) is 2.95. The van der Waals surface area contributed by atoms with Crippen LogP contribution < -0.4 is 5.73 Å². The van der Waals surface area contributed by atoms with Gasteiger partial charge < -0.3 is 19.0 Å². The summed E-state index contributed by atoms with van der Waals surface area (Å²) in [5, 5.41) is 0. The molecule has 0 aliphatic rings. The molecule has 0 rings (SSSR count). The lowest BCUT2D eigenvalue weighted by atomic mass is 10.5. The van der Waals surface area contributed by atoms with E-state index in [0.29, 0.717) is 19.8 Å². The van der Waals surface area contributed by atoms with Crippen LogP contribution in [0.25, 0.3) is 0 Å². The molecule has 0 fully saturated rings. The average Bonchev–Trinajstić information content (AvgIpc) is 2.19. The third kappa shape index (κ3) is 12.0. The lowest BCUT2D eigenvalue weighted by Gasteiger charge is -2.23. The molecule has 15 heavy (non-hydrogen) atoms. The van der Waals surface area contributed by atoms with Gasteiger partial charge in [-0.05, 0) is 33.7 Å². The van der Waals surface area contributed by atoms with Crippen molar-refractivity contribution < 1.29 is 13.3 Å². The van der Waals surface area contributed by atoms with Crippen molar-refractivity contribution in [3.8, 4) is 0 Å². The molecule has 0 bridgehead atoms. The molecular weight excluding hydrogens is 210 g/mol. The van der Waals surface area contributed by atoms with Crippen molar-refractivity contribution in [3.05, 3.63) is 0 Å². The first-order chi connectivity index (χ1) is 7.10. The predicted molar refractivity (Wildman–Crippen MR) is 65.8 cm³/mol. The molecule has 2 N–H and O–H groups in total. The molecular formula is C10H27NO3Si. The minimum Gasteiger partial charge on any atom is -0.374 e. The Hall–Kier alpha value is 0.0569. The summed E-state index contributed by atoms with van der Waals surface area (Å²) >= 11 is 0. The third-order valence-electron chi connectivity index (χ3n) is 1.51. The standard InChI is InChI=1S/C7H18O3Si.C3H9N/c1-5-8-11(4,9-6-2)10-7-3;1-2-3-4/h5-7H2,1-4H3;2-4H2,1H3. The van der Waals surface area contributed by atoms with Crippen LogP contribution in [0.2, 0.25) is 6.55 Å². The largest absolute Gasteiger partial charge is 0.497 e. The maximum Gasteiger partial charge on any atom is 0.497 e. The maximum atomic E-state index is 5.40. The molecule has 0 radical (unpaired) electrons. The fourth-order valence-corrected chi connectivity index (χ4v) is 2.73. The highest BCUT2D eigenvalue weighted by Gasteiger charge is 2.32. The predicted octanol–water partition coefficient (Wildman–Crippen LogP) is 2.02. The van der Waals surface area contributed by atoms with E-state index in [-0.39, 0.29) is 0 Å². The highest BCUT2D eigenvalue weighted by molar-refractivity contribution is 6.59. The fourth-order valence-electron chi connectivity index (χ4n) is 0.912. The highest BCUT2D eigenvalue weighted by Crippen LogP contribution is 2.08. The van der Waals surface area contributed by atoms with Crippen LogP contribution in [0.1, 0.15) is 34.1 Å². The van der Waals surface area contributed by atoms with Crippen LogP contribution in [0.4, 0.5) is 0 Å². The molecule has 0 saturated heterocycles. The number of rotatable bonds is 7. The van der Waals surface area contributed by atoms with E-state index in [9.17, 15) is 0 Å². The molecule has 0 aliphatic heterocycles. The summed E-state index contributed by atoms with van der Waals surface area (Å²) in [7, 11) is -2.25. The Balaban J connectivity index is 0. The van der Waals surface area contributed by atoms with Crippen LogP contribution in [0.15, 0.2) is 0 Å². The molecule has 0 aliphatic carbocycles. The van der Waals surface area contributed by atoms with Crippen molar-refractivity contribution in [1.29, 1.82) is 0 Å². The summed E-state index contributed by atoms with van der Waals surface area (Å²) in [6.45, 7) is 12.6. The van der Waals surface area contributed by atoms with E-state index < -0.39 is 8.80 Å². The summed E-state index contributed by atoms with van der Waals surface area (Å²) in [5.74, 6) is 0. The monoisotopic (exact) mass is 237 g/mol. The van der Waals surface area contributed by atoms with Gasteiger partial charge in [-0.1, -0.05) is 6.92 Å². The maximum absolute atomic E-state index is 5.40. The Labute approximate surface area is 95.5 Å². The second-order valence-corrected chi connectivity index (χ2v) is 5.54. The van der Waals surface area contributed by atoms with Crippen molar-refractivity contribution >= 4 is 8.80 Å². The SMILES string of the molecule is CCCN.CCO[Si](C)(OCC)OCC. The zero-order valence-electron chi connectivity index (χ0n) is 10.8. The molecule has 4 nitrogen and oxygen atoms in total. The van der Waals surface area contributed by atoms with Gasteiger partial charge in [0.1, 0.15) is 0 Å². The van der Waals surface area contributed by atoms with E-state index in [1.807, 2.05) is 27.3 Å². The summed E-state index contributed by atoms with van der Waals surface area (Å²) < 4.78 is 16.2. The Kier molecular flexibility index (Phi) is 14.1. The first-order valence-electron chi connectivity index (χ1n) is 5.72. The van der Waals surface area contributed by atoms with Crippen molar-refractivity contribution in [2.45, 2.75) is 40.7 Å². The minimum atomic E-state index is -2.25.